The van der Waals surface area contributed by atoms with E-state index in [2.05, 4.69) is 37.2 Å². The summed E-state index contributed by atoms with van der Waals surface area (Å²) in [6.07, 6.45) is 0. The number of nitrogens with two attached hydrogens (primary N) is 1. The topological polar surface area (TPSA) is 55.1 Å². The molecule has 106 valence electrons. The van der Waals surface area contributed by atoms with Crippen molar-refractivity contribution in [3.63, 3.8) is 0 Å². The Morgan fingerprint density at radius 3 is 2.45 bits per heavy atom. The lowest BCUT2D eigenvalue weighted by Crippen LogP contribution is -2.27. The van der Waals surface area contributed by atoms with Crippen molar-refractivity contribution in [2.24, 2.45) is 5.73 Å². The molecule has 2 aromatic rings. The third-order valence-electron chi connectivity index (χ3n) is 2.46. The van der Waals surface area contributed by atoms with E-state index in [-0.39, 0.29) is 0 Å². The maximum Gasteiger partial charge on any atom is 0.245 e. The van der Waals surface area contributed by atoms with Crippen molar-refractivity contribution in [1.29, 1.82) is 0 Å². The molecule has 1 amide bonds. The SMILES string of the molecule is NC(=O)C(Nc1ccc(Cl)c(Br)c1)c1cc(Br)c(Cl)s1. The molecule has 1 aromatic heterocycles. The Hall–Kier alpha value is -0.270. The highest BCUT2D eigenvalue weighted by Crippen LogP contribution is 2.36. The number of carbonyl (C=O) groups is 1. The fraction of sp³-hybridized carbons (Fsp3) is 0.0833. The Balaban J connectivity index is 2.30. The van der Waals surface area contributed by atoms with Gasteiger partial charge in [0.1, 0.15) is 10.4 Å². The minimum atomic E-state index is -0.656. The Kier molecular flexibility index (Phi) is 5.36. The van der Waals surface area contributed by atoms with Gasteiger partial charge < -0.3 is 11.1 Å². The highest BCUT2D eigenvalue weighted by molar-refractivity contribution is 9.11. The zero-order valence-corrected chi connectivity index (χ0v) is 15.3. The zero-order valence-electron chi connectivity index (χ0n) is 9.79. The first kappa shape index (κ1) is 16.1. The smallest absolute Gasteiger partial charge is 0.245 e. The number of anilines is 1. The van der Waals surface area contributed by atoms with Gasteiger partial charge in [0, 0.05) is 19.5 Å². The third kappa shape index (κ3) is 3.68. The van der Waals surface area contributed by atoms with Gasteiger partial charge in [-0.05, 0) is 56.1 Å². The Bertz CT molecular complexity index is 643. The van der Waals surface area contributed by atoms with E-state index in [1.807, 2.05) is 0 Å². The standard InChI is InChI=1S/C12H8Br2Cl2N2OS/c13-6-3-5(1-2-8(6)15)18-10(12(17)19)9-4-7(14)11(16)20-9/h1-4,10,18H,(H2,17,19). The predicted octanol–water partition coefficient (Wildman–Crippen LogP) is 5.22. The quantitative estimate of drug-likeness (QED) is 0.660. The van der Waals surface area contributed by atoms with Gasteiger partial charge in [-0.1, -0.05) is 23.2 Å². The van der Waals surface area contributed by atoms with Crippen LogP contribution in [0.25, 0.3) is 0 Å². The summed E-state index contributed by atoms with van der Waals surface area (Å²) in [5, 5.41) is 3.66. The molecule has 3 nitrogen and oxygen atoms in total. The average Bonchev–Trinajstić information content (AvgIpc) is 2.70. The van der Waals surface area contributed by atoms with Crippen LogP contribution in [-0.2, 0) is 4.79 Å². The summed E-state index contributed by atoms with van der Waals surface area (Å²) in [5.74, 6) is -0.485. The van der Waals surface area contributed by atoms with Crippen molar-refractivity contribution in [2.75, 3.05) is 5.32 Å². The molecule has 20 heavy (non-hydrogen) atoms. The van der Waals surface area contributed by atoms with Gasteiger partial charge in [0.2, 0.25) is 5.91 Å². The molecule has 2 rings (SSSR count). The number of rotatable bonds is 4. The van der Waals surface area contributed by atoms with Crippen LogP contribution in [-0.4, -0.2) is 5.91 Å². The summed E-state index contributed by atoms with van der Waals surface area (Å²) in [5.41, 5.74) is 6.18. The van der Waals surface area contributed by atoms with Crippen molar-refractivity contribution in [1.82, 2.24) is 0 Å². The molecule has 0 saturated carbocycles. The number of carbonyl (C=O) groups excluding carboxylic acids is 1. The second kappa shape index (κ2) is 6.66. The molecule has 0 saturated heterocycles. The number of thiophene rings is 1. The molecule has 1 unspecified atom stereocenters. The Morgan fingerprint density at radius 1 is 1.25 bits per heavy atom. The normalized spacial score (nSPS) is 12.2. The first-order chi connectivity index (χ1) is 9.38. The highest BCUT2D eigenvalue weighted by atomic mass is 79.9. The number of halogens is 4. The largest absolute Gasteiger partial charge is 0.369 e. The van der Waals surface area contributed by atoms with Crippen molar-refractivity contribution in [3.05, 3.63) is 47.4 Å². The fourth-order valence-corrected chi connectivity index (χ4v) is 3.83. The number of hydrogen-bond donors (Lipinski definition) is 2. The summed E-state index contributed by atoms with van der Waals surface area (Å²) < 4.78 is 2.05. The Morgan fingerprint density at radius 2 is 1.95 bits per heavy atom. The number of primary amides is 1. The van der Waals surface area contributed by atoms with Crippen LogP contribution in [0.5, 0.6) is 0 Å². The van der Waals surface area contributed by atoms with Gasteiger partial charge in [-0.25, -0.2) is 0 Å². The van der Waals surface area contributed by atoms with E-state index in [0.29, 0.717) is 9.36 Å². The maximum atomic E-state index is 11.6. The van der Waals surface area contributed by atoms with Crippen molar-refractivity contribution < 1.29 is 4.79 Å². The summed E-state index contributed by atoms with van der Waals surface area (Å²) in [7, 11) is 0. The van der Waals surface area contributed by atoms with E-state index in [9.17, 15) is 4.79 Å². The molecule has 1 heterocycles. The molecule has 8 heteroatoms. The van der Waals surface area contributed by atoms with Crippen LogP contribution in [0.1, 0.15) is 10.9 Å². The van der Waals surface area contributed by atoms with Gasteiger partial charge in [-0.2, -0.15) is 0 Å². The first-order valence-electron chi connectivity index (χ1n) is 5.34. The molecule has 1 atom stereocenters. The van der Waals surface area contributed by atoms with Crippen molar-refractivity contribution >= 4 is 78.0 Å². The second-order valence-corrected chi connectivity index (χ2v) is 7.68. The van der Waals surface area contributed by atoms with Gasteiger partial charge in [-0.15, -0.1) is 11.3 Å². The van der Waals surface area contributed by atoms with Gasteiger partial charge in [0.05, 0.1) is 5.02 Å². The van der Waals surface area contributed by atoms with E-state index < -0.39 is 11.9 Å². The molecular weight excluding hydrogens is 451 g/mol. The summed E-state index contributed by atoms with van der Waals surface area (Å²) in [4.78, 5) is 12.4. The van der Waals surface area contributed by atoms with Gasteiger partial charge >= 0.3 is 0 Å². The van der Waals surface area contributed by atoms with E-state index in [1.54, 1.807) is 24.3 Å². The van der Waals surface area contributed by atoms with E-state index >= 15 is 0 Å². The van der Waals surface area contributed by atoms with Crippen LogP contribution in [0.15, 0.2) is 33.2 Å². The van der Waals surface area contributed by atoms with E-state index in [0.717, 1.165) is 19.5 Å². The third-order valence-corrected chi connectivity index (χ3v) is 6.22. The van der Waals surface area contributed by atoms with Crippen molar-refractivity contribution in [2.45, 2.75) is 6.04 Å². The second-order valence-electron chi connectivity index (χ2n) is 3.88. The van der Waals surface area contributed by atoms with Gasteiger partial charge in [0.25, 0.3) is 0 Å². The molecule has 0 aliphatic carbocycles. The molecular formula is C12H8Br2Cl2N2OS. The predicted molar refractivity (Wildman–Crippen MR) is 91.7 cm³/mol. The molecule has 1 aromatic carbocycles. The average molecular weight is 459 g/mol. The lowest BCUT2D eigenvalue weighted by Gasteiger charge is -2.15. The molecule has 0 spiro atoms. The fourth-order valence-electron chi connectivity index (χ4n) is 1.54. The van der Waals surface area contributed by atoms with Gasteiger partial charge in [-0.3, -0.25) is 4.79 Å². The summed E-state index contributed by atoms with van der Waals surface area (Å²) in [6.45, 7) is 0. The molecule has 0 aliphatic rings. The van der Waals surface area contributed by atoms with Crippen molar-refractivity contribution in [3.8, 4) is 0 Å². The first-order valence-corrected chi connectivity index (χ1v) is 8.50. The lowest BCUT2D eigenvalue weighted by molar-refractivity contribution is -0.118. The molecule has 0 bridgehead atoms. The molecule has 3 N–H and O–H groups in total. The summed E-state index contributed by atoms with van der Waals surface area (Å²) in [6, 6.07) is 6.40. The van der Waals surface area contributed by atoms with Crippen LogP contribution < -0.4 is 11.1 Å². The zero-order chi connectivity index (χ0) is 14.9. The van der Waals surface area contributed by atoms with Crippen LogP contribution >= 0.6 is 66.4 Å². The minimum Gasteiger partial charge on any atom is -0.369 e. The summed E-state index contributed by atoms with van der Waals surface area (Å²) >= 11 is 19.9. The van der Waals surface area contributed by atoms with E-state index in [4.69, 9.17) is 28.9 Å². The number of nitrogens with one attached hydrogen (secondary N) is 1. The number of benzene rings is 1. The van der Waals surface area contributed by atoms with Crippen LogP contribution in [0.3, 0.4) is 0 Å². The molecule has 0 radical (unpaired) electrons. The maximum absolute atomic E-state index is 11.6. The molecule has 0 aliphatic heterocycles. The lowest BCUT2D eigenvalue weighted by atomic mass is 10.2. The molecule has 0 fully saturated rings. The van der Waals surface area contributed by atoms with Crippen LogP contribution in [0.2, 0.25) is 9.36 Å². The van der Waals surface area contributed by atoms with Crippen LogP contribution in [0, 0.1) is 0 Å². The number of hydrogen-bond acceptors (Lipinski definition) is 3. The number of amides is 1. The Labute approximate surface area is 146 Å². The van der Waals surface area contributed by atoms with Gasteiger partial charge in [0.15, 0.2) is 0 Å². The monoisotopic (exact) mass is 456 g/mol. The van der Waals surface area contributed by atoms with Crippen LogP contribution in [0.4, 0.5) is 5.69 Å². The van der Waals surface area contributed by atoms with E-state index in [1.165, 1.54) is 11.3 Å². The highest BCUT2D eigenvalue weighted by Gasteiger charge is 2.21. The minimum absolute atomic E-state index is 0.485.